The lowest BCUT2D eigenvalue weighted by Gasteiger charge is -2.17. The number of rotatable bonds is 5. The van der Waals surface area contributed by atoms with Gasteiger partial charge in [-0.3, -0.25) is 14.2 Å². The van der Waals surface area contributed by atoms with Crippen LogP contribution in [-0.4, -0.2) is 20.7 Å². The van der Waals surface area contributed by atoms with Gasteiger partial charge in [-0.15, -0.1) is 0 Å². The molecule has 3 aromatic rings. The molecule has 5 nitrogen and oxygen atoms in total. The summed E-state index contributed by atoms with van der Waals surface area (Å²) in [5, 5.41) is 3.89. The van der Waals surface area contributed by atoms with E-state index in [0.717, 1.165) is 29.7 Å². The molecule has 1 aromatic heterocycles. The Hall–Kier alpha value is -2.60. The highest BCUT2D eigenvalue weighted by atomic mass is 32.2. The summed E-state index contributed by atoms with van der Waals surface area (Å²) in [4.78, 5) is 30.4. The summed E-state index contributed by atoms with van der Waals surface area (Å²) in [6, 6.07) is 13.6. The Morgan fingerprint density at radius 3 is 2.71 bits per heavy atom. The lowest BCUT2D eigenvalue weighted by atomic mass is 10.1. The maximum Gasteiger partial charge on any atom is 0.262 e. The highest BCUT2D eigenvalue weighted by molar-refractivity contribution is 8.00. The summed E-state index contributed by atoms with van der Waals surface area (Å²) >= 11 is 1.34. The van der Waals surface area contributed by atoms with Crippen LogP contribution in [0, 0.1) is 13.8 Å². The molecule has 144 valence electrons. The lowest BCUT2D eigenvalue weighted by Crippen LogP contribution is -2.26. The van der Waals surface area contributed by atoms with Gasteiger partial charge in [0.25, 0.3) is 5.56 Å². The van der Waals surface area contributed by atoms with Crippen LogP contribution in [0.2, 0.25) is 0 Å². The fourth-order valence-electron chi connectivity index (χ4n) is 3.18. The molecule has 1 atom stereocenters. The van der Waals surface area contributed by atoms with Crippen molar-refractivity contribution in [3.63, 3.8) is 0 Å². The molecule has 0 spiro atoms. The Balaban J connectivity index is 1.62. The SMILES string of the molecule is Cc1ccc(C)c(NC(=O)C(C)Sc2nc3ccccc3c(=O)n2C2CC2)c1. The summed E-state index contributed by atoms with van der Waals surface area (Å²) in [7, 11) is 0. The number of hydrogen-bond acceptors (Lipinski definition) is 4. The number of thioether (sulfide) groups is 1. The smallest absolute Gasteiger partial charge is 0.262 e. The van der Waals surface area contributed by atoms with E-state index in [1.54, 1.807) is 4.57 Å². The number of aromatic nitrogens is 2. The molecule has 2 aromatic carbocycles. The van der Waals surface area contributed by atoms with Crippen LogP contribution < -0.4 is 10.9 Å². The summed E-state index contributed by atoms with van der Waals surface area (Å²) < 4.78 is 1.77. The third kappa shape index (κ3) is 3.69. The first-order valence-electron chi connectivity index (χ1n) is 9.50. The number of benzene rings is 2. The number of carbonyl (C=O) groups is 1. The number of nitrogens with one attached hydrogen (secondary N) is 1. The largest absolute Gasteiger partial charge is 0.325 e. The molecule has 1 saturated carbocycles. The molecule has 1 heterocycles. The van der Waals surface area contributed by atoms with Gasteiger partial charge in [0, 0.05) is 11.7 Å². The van der Waals surface area contributed by atoms with Crippen LogP contribution in [0.4, 0.5) is 5.69 Å². The van der Waals surface area contributed by atoms with Crippen LogP contribution in [0.5, 0.6) is 0 Å². The monoisotopic (exact) mass is 393 g/mol. The van der Waals surface area contributed by atoms with Crippen LogP contribution in [0.1, 0.15) is 36.9 Å². The second kappa shape index (κ2) is 7.43. The molecular formula is C22H23N3O2S. The van der Waals surface area contributed by atoms with Crippen molar-refractivity contribution in [2.45, 2.75) is 50.1 Å². The molecule has 6 heteroatoms. The number of nitrogens with zero attached hydrogens (tertiary/aromatic N) is 2. The Morgan fingerprint density at radius 2 is 1.96 bits per heavy atom. The summed E-state index contributed by atoms with van der Waals surface area (Å²) in [5.74, 6) is -0.0940. The molecule has 0 radical (unpaired) electrons. The van der Waals surface area contributed by atoms with Crippen LogP contribution in [0.25, 0.3) is 10.9 Å². The first-order chi connectivity index (χ1) is 13.4. The number of amides is 1. The molecule has 0 saturated heterocycles. The van der Waals surface area contributed by atoms with E-state index in [4.69, 9.17) is 4.98 Å². The highest BCUT2D eigenvalue weighted by Gasteiger charge is 2.30. The molecule has 1 fully saturated rings. The third-order valence-electron chi connectivity index (χ3n) is 4.99. The fraction of sp³-hybridized carbons (Fsp3) is 0.318. The van der Waals surface area contributed by atoms with Gasteiger partial charge < -0.3 is 5.32 Å². The van der Waals surface area contributed by atoms with Crippen molar-refractivity contribution < 1.29 is 4.79 Å². The summed E-state index contributed by atoms with van der Waals surface area (Å²) in [5.41, 5.74) is 3.60. The van der Waals surface area contributed by atoms with Crippen molar-refractivity contribution in [3.8, 4) is 0 Å². The topological polar surface area (TPSA) is 64.0 Å². The van der Waals surface area contributed by atoms with E-state index >= 15 is 0 Å². The number of anilines is 1. The minimum absolute atomic E-state index is 0.0160. The zero-order chi connectivity index (χ0) is 19.8. The third-order valence-corrected chi connectivity index (χ3v) is 6.06. The first kappa shape index (κ1) is 18.7. The molecule has 0 aliphatic heterocycles. The van der Waals surface area contributed by atoms with E-state index < -0.39 is 0 Å². The van der Waals surface area contributed by atoms with Crippen molar-refractivity contribution in [2.75, 3.05) is 5.32 Å². The Kier molecular flexibility index (Phi) is 4.98. The Morgan fingerprint density at radius 1 is 1.21 bits per heavy atom. The van der Waals surface area contributed by atoms with E-state index in [2.05, 4.69) is 5.32 Å². The minimum atomic E-state index is -0.377. The fourth-order valence-corrected chi connectivity index (χ4v) is 4.16. The van der Waals surface area contributed by atoms with E-state index in [-0.39, 0.29) is 22.8 Å². The van der Waals surface area contributed by atoms with Crippen LogP contribution in [0.15, 0.2) is 52.4 Å². The zero-order valence-electron chi connectivity index (χ0n) is 16.2. The molecule has 0 bridgehead atoms. The second-order valence-electron chi connectivity index (χ2n) is 7.39. The van der Waals surface area contributed by atoms with Crippen molar-refractivity contribution in [1.29, 1.82) is 0 Å². The minimum Gasteiger partial charge on any atom is -0.325 e. The van der Waals surface area contributed by atoms with Crippen LogP contribution in [-0.2, 0) is 4.79 Å². The average Bonchev–Trinajstić information content (AvgIpc) is 3.50. The predicted octanol–water partition coefficient (Wildman–Crippen LogP) is 4.47. The molecule has 4 rings (SSSR count). The van der Waals surface area contributed by atoms with Gasteiger partial charge in [-0.05, 0) is 62.9 Å². The molecule has 1 aliphatic rings. The molecule has 28 heavy (non-hydrogen) atoms. The standard InChI is InChI=1S/C22H23N3O2S/c1-13-8-9-14(2)19(12-13)23-20(26)15(3)28-22-24-18-7-5-4-6-17(18)21(27)25(22)16-10-11-16/h4-9,12,15-16H,10-11H2,1-3H3,(H,23,26). The van der Waals surface area contributed by atoms with Gasteiger partial charge >= 0.3 is 0 Å². The molecular weight excluding hydrogens is 370 g/mol. The number of carbonyl (C=O) groups excluding carboxylic acids is 1. The molecule has 1 N–H and O–H groups in total. The number of hydrogen-bond donors (Lipinski definition) is 1. The van der Waals surface area contributed by atoms with Crippen molar-refractivity contribution in [1.82, 2.24) is 9.55 Å². The van der Waals surface area contributed by atoms with E-state index in [9.17, 15) is 9.59 Å². The van der Waals surface area contributed by atoms with Gasteiger partial charge in [-0.25, -0.2) is 4.98 Å². The molecule has 1 unspecified atom stereocenters. The van der Waals surface area contributed by atoms with Crippen LogP contribution >= 0.6 is 11.8 Å². The van der Waals surface area contributed by atoms with Gasteiger partial charge in [0.15, 0.2) is 5.16 Å². The van der Waals surface area contributed by atoms with Gasteiger partial charge in [0.2, 0.25) is 5.91 Å². The summed E-state index contributed by atoms with van der Waals surface area (Å²) in [6.07, 6.45) is 1.97. The number of fused-ring (bicyclic) bond motifs is 1. The van der Waals surface area contributed by atoms with Crippen LogP contribution in [0.3, 0.4) is 0 Å². The van der Waals surface area contributed by atoms with Crippen molar-refractivity contribution >= 4 is 34.3 Å². The quantitative estimate of drug-likeness (QED) is 0.513. The van der Waals surface area contributed by atoms with Gasteiger partial charge in [-0.2, -0.15) is 0 Å². The van der Waals surface area contributed by atoms with Gasteiger partial charge in [0.1, 0.15) is 0 Å². The molecule has 1 amide bonds. The normalized spacial score (nSPS) is 14.8. The lowest BCUT2D eigenvalue weighted by molar-refractivity contribution is -0.115. The Labute approximate surface area is 168 Å². The second-order valence-corrected chi connectivity index (χ2v) is 8.69. The first-order valence-corrected chi connectivity index (χ1v) is 10.4. The van der Waals surface area contributed by atoms with Gasteiger partial charge in [-0.1, -0.05) is 36.0 Å². The highest BCUT2D eigenvalue weighted by Crippen LogP contribution is 2.37. The molecule has 1 aliphatic carbocycles. The maximum atomic E-state index is 13.0. The zero-order valence-corrected chi connectivity index (χ0v) is 17.0. The summed E-state index contributed by atoms with van der Waals surface area (Å²) in [6.45, 7) is 5.83. The number of para-hydroxylation sites is 1. The van der Waals surface area contributed by atoms with E-state index in [0.29, 0.717) is 16.1 Å². The van der Waals surface area contributed by atoms with E-state index in [1.165, 1.54) is 11.8 Å². The van der Waals surface area contributed by atoms with Crippen molar-refractivity contribution in [3.05, 3.63) is 63.9 Å². The number of aryl methyl sites for hydroxylation is 2. The van der Waals surface area contributed by atoms with E-state index in [1.807, 2.05) is 63.2 Å². The average molecular weight is 394 g/mol. The Bertz CT molecular complexity index is 1120. The van der Waals surface area contributed by atoms with Gasteiger partial charge in [0.05, 0.1) is 16.2 Å². The maximum absolute atomic E-state index is 13.0. The van der Waals surface area contributed by atoms with Crippen molar-refractivity contribution in [2.24, 2.45) is 0 Å². The predicted molar refractivity (Wildman–Crippen MR) is 114 cm³/mol.